The molecule has 1 fully saturated rings. The van der Waals surface area contributed by atoms with Crippen molar-refractivity contribution in [2.45, 2.75) is 31.8 Å². The summed E-state index contributed by atoms with van der Waals surface area (Å²) in [5.74, 6) is 1.14. The second kappa shape index (κ2) is 8.31. The molecule has 0 saturated carbocycles. The van der Waals surface area contributed by atoms with E-state index in [0.717, 1.165) is 30.7 Å². The summed E-state index contributed by atoms with van der Waals surface area (Å²) < 4.78 is 5.30. The number of likely N-dealkylation sites (N-methyl/N-ethyl adjacent to an activating group) is 1. The van der Waals surface area contributed by atoms with Crippen LogP contribution in [0.4, 0.5) is 0 Å². The van der Waals surface area contributed by atoms with E-state index in [9.17, 15) is 4.79 Å². The predicted molar refractivity (Wildman–Crippen MR) is 92.6 cm³/mol. The second-order valence-electron chi connectivity index (χ2n) is 6.58. The lowest BCUT2D eigenvalue weighted by Crippen LogP contribution is -2.44. The van der Waals surface area contributed by atoms with E-state index in [2.05, 4.69) is 28.5 Å². The van der Waals surface area contributed by atoms with Gasteiger partial charge in [0.25, 0.3) is 0 Å². The lowest BCUT2D eigenvalue weighted by atomic mass is 9.92. The molecule has 128 valence electrons. The summed E-state index contributed by atoms with van der Waals surface area (Å²) in [5, 5.41) is 6.53. The fraction of sp³-hybridized carbons (Fsp3) is 0.611. The largest absolute Gasteiger partial charge is 0.497 e. The van der Waals surface area contributed by atoms with Gasteiger partial charge in [0.1, 0.15) is 5.75 Å². The van der Waals surface area contributed by atoms with E-state index in [1.165, 1.54) is 0 Å². The molecular weight excluding hydrogens is 290 g/mol. The number of nitrogens with zero attached hydrogens (tertiary/aromatic N) is 1. The number of ether oxygens (including phenoxy) is 1. The van der Waals surface area contributed by atoms with E-state index >= 15 is 0 Å². The van der Waals surface area contributed by atoms with Crippen molar-refractivity contribution in [3.05, 3.63) is 29.8 Å². The van der Waals surface area contributed by atoms with Crippen molar-refractivity contribution in [3.63, 3.8) is 0 Å². The minimum atomic E-state index is 0.124. The van der Waals surface area contributed by atoms with E-state index in [1.54, 1.807) is 7.11 Å². The van der Waals surface area contributed by atoms with Gasteiger partial charge in [-0.1, -0.05) is 12.1 Å². The highest BCUT2D eigenvalue weighted by Crippen LogP contribution is 2.22. The van der Waals surface area contributed by atoms with Crippen LogP contribution in [0.3, 0.4) is 0 Å². The average molecular weight is 319 g/mol. The van der Waals surface area contributed by atoms with Crippen LogP contribution in [0.1, 0.15) is 31.4 Å². The van der Waals surface area contributed by atoms with Gasteiger partial charge in [-0.2, -0.15) is 0 Å². The van der Waals surface area contributed by atoms with E-state index in [-0.39, 0.29) is 17.9 Å². The SMILES string of the molecule is COc1cccc(C(CNC(=O)[C@H]2CCN[C@@H](C)C2)N(C)C)c1. The van der Waals surface area contributed by atoms with Gasteiger partial charge >= 0.3 is 0 Å². The van der Waals surface area contributed by atoms with Crippen LogP contribution in [0.2, 0.25) is 0 Å². The molecule has 23 heavy (non-hydrogen) atoms. The first-order chi connectivity index (χ1) is 11.0. The summed E-state index contributed by atoms with van der Waals surface area (Å²) in [5.41, 5.74) is 1.15. The highest BCUT2D eigenvalue weighted by Gasteiger charge is 2.25. The Kier molecular flexibility index (Phi) is 6.42. The standard InChI is InChI=1S/C18H29N3O2/c1-13-10-15(8-9-19-13)18(22)20-12-17(21(2)3)14-6-5-7-16(11-14)23-4/h5-7,11,13,15,17,19H,8-10,12H2,1-4H3,(H,20,22)/t13-,15-,17?/m0/s1. The number of amides is 1. The Hall–Kier alpha value is -1.59. The molecule has 0 aromatic heterocycles. The first kappa shape index (κ1) is 17.8. The molecule has 1 amide bonds. The minimum Gasteiger partial charge on any atom is -0.497 e. The van der Waals surface area contributed by atoms with Crippen LogP contribution in [-0.4, -0.2) is 51.1 Å². The molecule has 1 aromatic rings. The Morgan fingerprint density at radius 2 is 2.26 bits per heavy atom. The average Bonchev–Trinajstić information content (AvgIpc) is 2.54. The van der Waals surface area contributed by atoms with Gasteiger partial charge in [-0.05, 0) is 58.1 Å². The number of benzene rings is 1. The van der Waals surface area contributed by atoms with Crippen LogP contribution < -0.4 is 15.4 Å². The fourth-order valence-corrected chi connectivity index (χ4v) is 3.16. The molecule has 1 heterocycles. The maximum absolute atomic E-state index is 12.4. The van der Waals surface area contributed by atoms with Crippen molar-refractivity contribution in [1.82, 2.24) is 15.5 Å². The zero-order valence-electron chi connectivity index (χ0n) is 14.6. The molecule has 0 bridgehead atoms. The maximum atomic E-state index is 12.4. The van der Waals surface area contributed by atoms with Crippen molar-refractivity contribution in [2.24, 2.45) is 5.92 Å². The van der Waals surface area contributed by atoms with Crippen molar-refractivity contribution in [1.29, 1.82) is 0 Å². The zero-order valence-corrected chi connectivity index (χ0v) is 14.6. The van der Waals surface area contributed by atoms with Gasteiger partial charge in [0.15, 0.2) is 0 Å². The molecule has 1 aromatic carbocycles. The Morgan fingerprint density at radius 1 is 1.48 bits per heavy atom. The number of carbonyl (C=O) groups excluding carboxylic acids is 1. The molecular formula is C18H29N3O2. The topological polar surface area (TPSA) is 53.6 Å². The monoisotopic (exact) mass is 319 g/mol. The van der Waals surface area contributed by atoms with Gasteiger partial charge in [0.05, 0.1) is 13.2 Å². The molecule has 1 aliphatic rings. The molecule has 0 aliphatic carbocycles. The quantitative estimate of drug-likeness (QED) is 0.839. The Bertz CT molecular complexity index is 519. The molecule has 1 unspecified atom stereocenters. The maximum Gasteiger partial charge on any atom is 0.223 e. The molecule has 2 rings (SSSR count). The van der Waals surface area contributed by atoms with Crippen LogP contribution >= 0.6 is 0 Å². The van der Waals surface area contributed by atoms with Crippen LogP contribution in [-0.2, 0) is 4.79 Å². The van der Waals surface area contributed by atoms with Crippen LogP contribution in [0, 0.1) is 5.92 Å². The molecule has 5 nitrogen and oxygen atoms in total. The summed E-state index contributed by atoms with van der Waals surface area (Å²) in [6.45, 7) is 3.67. The van der Waals surface area contributed by atoms with E-state index in [4.69, 9.17) is 4.74 Å². The van der Waals surface area contributed by atoms with Crippen molar-refractivity contribution in [3.8, 4) is 5.75 Å². The van der Waals surface area contributed by atoms with E-state index in [0.29, 0.717) is 12.6 Å². The molecule has 5 heteroatoms. The van der Waals surface area contributed by atoms with Crippen LogP contribution in [0.15, 0.2) is 24.3 Å². The summed E-state index contributed by atoms with van der Waals surface area (Å²) in [4.78, 5) is 14.6. The number of piperidine rings is 1. The van der Waals surface area contributed by atoms with Crippen molar-refractivity contribution >= 4 is 5.91 Å². The molecule has 1 saturated heterocycles. The Balaban J connectivity index is 1.98. The number of hydrogen-bond donors (Lipinski definition) is 2. The number of carbonyl (C=O) groups is 1. The highest BCUT2D eigenvalue weighted by molar-refractivity contribution is 5.78. The highest BCUT2D eigenvalue weighted by atomic mass is 16.5. The molecule has 2 N–H and O–H groups in total. The van der Waals surface area contributed by atoms with Gasteiger partial charge in [-0.25, -0.2) is 0 Å². The summed E-state index contributed by atoms with van der Waals surface area (Å²) in [6.07, 6.45) is 1.83. The van der Waals surface area contributed by atoms with Crippen molar-refractivity contribution < 1.29 is 9.53 Å². The summed E-state index contributed by atoms with van der Waals surface area (Å²) in [7, 11) is 5.73. The van der Waals surface area contributed by atoms with Crippen molar-refractivity contribution in [2.75, 3.05) is 34.3 Å². The number of hydrogen-bond acceptors (Lipinski definition) is 4. The first-order valence-corrected chi connectivity index (χ1v) is 8.32. The molecule has 0 spiro atoms. The number of rotatable bonds is 6. The van der Waals surface area contributed by atoms with Gasteiger partial charge < -0.3 is 20.3 Å². The third-order valence-electron chi connectivity index (χ3n) is 4.57. The Labute approximate surface area is 139 Å². The second-order valence-corrected chi connectivity index (χ2v) is 6.58. The number of methoxy groups -OCH3 is 1. The lowest BCUT2D eigenvalue weighted by Gasteiger charge is -2.29. The third-order valence-corrected chi connectivity index (χ3v) is 4.57. The fourth-order valence-electron chi connectivity index (χ4n) is 3.16. The first-order valence-electron chi connectivity index (χ1n) is 8.32. The number of nitrogens with one attached hydrogen (secondary N) is 2. The molecule has 1 aliphatic heterocycles. The van der Waals surface area contributed by atoms with Gasteiger partial charge in [0, 0.05) is 18.5 Å². The smallest absolute Gasteiger partial charge is 0.223 e. The van der Waals surface area contributed by atoms with Gasteiger partial charge in [-0.15, -0.1) is 0 Å². The van der Waals surface area contributed by atoms with Gasteiger partial charge in [-0.3, -0.25) is 4.79 Å². The molecule has 3 atom stereocenters. The van der Waals surface area contributed by atoms with Crippen LogP contribution in [0.25, 0.3) is 0 Å². The zero-order chi connectivity index (χ0) is 16.8. The predicted octanol–water partition coefficient (Wildman–Crippen LogP) is 1.80. The molecule has 0 radical (unpaired) electrons. The van der Waals surface area contributed by atoms with E-state index in [1.807, 2.05) is 32.3 Å². The minimum absolute atomic E-state index is 0.124. The third kappa shape index (κ3) is 4.94. The summed E-state index contributed by atoms with van der Waals surface area (Å²) in [6, 6.07) is 8.58. The lowest BCUT2D eigenvalue weighted by molar-refractivity contribution is -0.126. The summed E-state index contributed by atoms with van der Waals surface area (Å²) >= 11 is 0. The van der Waals surface area contributed by atoms with Gasteiger partial charge in [0.2, 0.25) is 5.91 Å². The Morgan fingerprint density at radius 3 is 2.91 bits per heavy atom. The van der Waals surface area contributed by atoms with E-state index < -0.39 is 0 Å². The normalized spacial score (nSPS) is 22.7. The van der Waals surface area contributed by atoms with Crippen LogP contribution in [0.5, 0.6) is 5.75 Å².